The molecule has 0 bridgehead atoms. The van der Waals surface area contributed by atoms with E-state index in [4.69, 9.17) is 11.6 Å². The molecule has 0 amide bonds. The van der Waals surface area contributed by atoms with Crippen LogP contribution in [0, 0.1) is 6.92 Å². The predicted molar refractivity (Wildman–Crippen MR) is 46.9 cm³/mol. The van der Waals surface area contributed by atoms with Gasteiger partial charge in [-0.25, -0.2) is 0 Å². The summed E-state index contributed by atoms with van der Waals surface area (Å²) in [5, 5.41) is -0.389. The molecule has 0 aromatic carbocycles. The third-order valence-electron chi connectivity index (χ3n) is 1.10. The van der Waals surface area contributed by atoms with Gasteiger partial charge in [-0.05, 0) is 40.5 Å². The van der Waals surface area contributed by atoms with Crippen molar-refractivity contribution < 1.29 is 4.79 Å². The van der Waals surface area contributed by atoms with Crippen molar-refractivity contribution in [2.24, 2.45) is 0 Å². The smallest absolute Gasteiger partial charge is 0.253 e. The van der Waals surface area contributed by atoms with Gasteiger partial charge in [-0.1, -0.05) is 0 Å². The Balaban J connectivity index is 3.15. The number of carbonyl (C=O) groups is 1. The van der Waals surface area contributed by atoms with Crippen LogP contribution in [0.5, 0.6) is 0 Å². The Labute approximate surface area is 76.1 Å². The molecular weight excluding hydrogens is 235 g/mol. The molecule has 1 nitrogen and oxygen atoms in total. The van der Waals surface area contributed by atoms with Crippen molar-refractivity contribution in [1.29, 1.82) is 0 Å². The zero-order valence-electron chi connectivity index (χ0n) is 5.15. The normalized spacial score (nSPS) is 9.90. The van der Waals surface area contributed by atoms with Gasteiger partial charge >= 0.3 is 0 Å². The molecule has 0 saturated heterocycles. The summed E-state index contributed by atoms with van der Waals surface area (Å²) in [7, 11) is 0. The number of thiophene rings is 1. The average Bonchev–Trinajstić information content (AvgIpc) is 2.10. The molecule has 1 aromatic heterocycles. The third-order valence-corrected chi connectivity index (χ3v) is 2.86. The second-order valence-corrected chi connectivity index (χ2v) is 4.77. The first-order valence-electron chi connectivity index (χ1n) is 2.57. The molecule has 1 aromatic rings. The van der Waals surface area contributed by atoms with Gasteiger partial charge in [-0.3, -0.25) is 4.79 Å². The highest BCUT2D eigenvalue weighted by Gasteiger charge is 2.08. The SMILES string of the molecule is Cc1sc(Br)cc1C(=O)Cl. The van der Waals surface area contributed by atoms with Gasteiger partial charge in [0, 0.05) is 10.4 Å². The molecule has 0 aliphatic heterocycles. The maximum absolute atomic E-state index is 10.6. The minimum absolute atomic E-state index is 0.389. The van der Waals surface area contributed by atoms with Crippen LogP contribution in [0.15, 0.2) is 9.85 Å². The standard InChI is InChI=1S/C6H4BrClOS/c1-3-4(6(8)9)2-5(7)10-3/h2H,1H3. The first kappa shape index (κ1) is 8.24. The van der Waals surface area contributed by atoms with Gasteiger partial charge in [0.1, 0.15) is 0 Å². The van der Waals surface area contributed by atoms with E-state index < -0.39 is 0 Å². The molecule has 4 heteroatoms. The molecule has 0 saturated carbocycles. The summed E-state index contributed by atoms with van der Waals surface area (Å²) >= 11 is 10.0. The summed E-state index contributed by atoms with van der Waals surface area (Å²) in [6.07, 6.45) is 0. The summed E-state index contributed by atoms with van der Waals surface area (Å²) in [5.41, 5.74) is 0.596. The van der Waals surface area contributed by atoms with E-state index in [9.17, 15) is 4.79 Å². The Morgan fingerprint density at radius 3 is 2.60 bits per heavy atom. The largest absolute Gasteiger partial charge is 0.276 e. The molecule has 0 fully saturated rings. The van der Waals surface area contributed by atoms with Crippen molar-refractivity contribution in [1.82, 2.24) is 0 Å². The van der Waals surface area contributed by atoms with E-state index in [1.165, 1.54) is 11.3 Å². The van der Waals surface area contributed by atoms with E-state index in [1.807, 2.05) is 6.92 Å². The maximum Gasteiger partial charge on any atom is 0.253 e. The Morgan fingerprint density at radius 2 is 2.40 bits per heavy atom. The molecule has 0 spiro atoms. The van der Waals surface area contributed by atoms with E-state index in [1.54, 1.807) is 6.07 Å². The molecule has 10 heavy (non-hydrogen) atoms. The molecule has 1 heterocycles. The summed E-state index contributed by atoms with van der Waals surface area (Å²) in [5.74, 6) is 0. The third kappa shape index (κ3) is 1.59. The lowest BCUT2D eigenvalue weighted by atomic mass is 10.3. The van der Waals surface area contributed by atoms with Crippen LogP contribution < -0.4 is 0 Å². The van der Waals surface area contributed by atoms with Crippen molar-refractivity contribution in [2.45, 2.75) is 6.92 Å². The average molecular weight is 240 g/mol. The zero-order valence-corrected chi connectivity index (χ0v) is 8.31. The van der Waals surface area contributed by atoms with Crippen molar-refractivity contribution in [3.05, 3.63) is 20.3 Å². The van der Waals surface area contributed by atoms with E-state index in [2.05, 4.69) is 15.9 Å². The molecular formula is C6H4BrClOS. The maximum atomic E-state index is 10.6. The van der Waals surface area contributed by atoms with E-state index in [0.717, 1.165) is 8.66 Å². The van der Waals surface area contributed by atoms with Crippen LogP contribution in [0.2, 0.25) is 0 Å². The Kier molecular flexibility index (Phi) is 2.50. The van der Waals surface area contributed by atoms with Gasteiger partial charge < -0.3 is 0 Å². The molecule has 0 aliphatic carbocycles. The fourth-order valence-corrected chi connectivity index (χ4v) is 2.58. The van der Waals surface area contributed by atoms with Gasteiger partial charge in [0.05, 0.1) is 3.79 Å². The van der Waals surface area contributed by atoms with E-state index in [-0.39, 0.29) is 5.24 Å². The highest BCUT2D eigenvalue weighted by molar-refractivity contribution is 9.11. The minimum Gasteiger partial charge on any atom is -0.276 e. The topological polar surface area (TPSA) is 17.1 Å². The van der Waals surface area contributed by atoms with Crippen LogP contribution in [0.1, 0.15) is 15.2 Å². The second kappa shape index (κ2) is 3.03. The molecule has 0 N–H and O–H groups in total. The summed E-state index contributed by atoms with van der Waals surface area (Å²) in [4.78, 5) is 11.6. The fraction of sp³-hybridized carbons (Fsp3) is 0.167. The van der Waals surface area contributed by atoms with Gasteiger partial charge in [0.2, 0.25) is 0 Å². The lowest BCUT2D eigenvalue weighted by Gasteiger charge is -1.85. The van der Waals surface area contributed by atoms with Gasteiger partial charge in [0.15, 0.2) is 0 Å². The molecule has 0 unspecified atom stereocenters. The van der Waals surface area contributed by atoms with Crippen LogP contribution >= 0.6 is 38.9 Å². The first-order chi connectivity index (χ1) is 4.61. The number of halogens is 2. The van der Waals surface area contributed by atoms with Crippen LogP contribution in [0.4, 0.5) is 0 Å². The number of hydrogen-bond donors (Lipinski definition) is 0. The summed E-state index contributed by atoms with van der Waals surface area (Å²) in [6.45, 7) is 1.87. The first-order valence-corrected chi connectivity index (χ1v) is 4.56. The van der Waals surface area contributed by atoms with Crippen molar-refractivity contribution >= 4 is 44.1 Å². The van der Waals surface area contributed by atoms with Crippen molar-refractivity contribution in [2.75, 3.05) is 0 Å². The predicted octanol–water partition coefficient (Wildman–Crippen LogP) is 3.20. The summed E-state index contributed by atoms with van der Waals surface area (Å²) in [6, 6.07) is 1.73. The molecule has 0 aliphatic rings. The lowest BCUT2D eigenvalue weighted by molar-refractivity contribution is 0.108. The molecule has 1 rings (SSSR count). The van der Waals surface area contributed by atoms with Crippen molar-refractivity contribution in [3.63, 3.8) is 0 Å². The van der Waals surface area contributed by atoms with Gasteiger partial charge in [-0.15, -0.1) is 11.3 Å². The van der Waals surface area contributed by atoms with Crippen LogP contribution in [0.25, 0.3) is 0 Å². The van der Waals surface area contributed by atoms with Crippen LogP contribution in [0.3, 0.4) is 0 Å². The second-order valence-electron chi connectivity index (χ2n) is 1.79. The molecule has 0 radical (unpaired) electrons. The fourth-order valence-electron chi connectivity index (χ4n) is 0.641. The van der Waals surface area contributed by atoms with Crippen LogP contribution in [-0.4, -0.2) is 5.24 Å². The highest BCUT2D eigenvalue weighted by Crippen LogP contribution is 2.27. The molecule has 0 atom stereocenters. The number of carbonyl (C=O) groups excluding carboxylic acids is 1. The Hall–Kier alpha value is 0.140. The van der Waals surface area contributed by atoms with Crippen molar-refractivity contribution in [3.8, 4) is 0 Å². The molecule has 54 valence electrons. The highest BCUT2D eigenvalue weighted by atomic mass is 79.9. The number of rotatable bonds is 1. The Bertz CT molecular complexity index is 269. The zero-order chi connectivity index (χ0) is 7.72. The lowest BCUT2D eigenvalue weighted by Crippen LogP contribution is -1.85. The minimum atomic E-state index is -0.389. The number of hydrogen-bond acceptors (Lipinski definition) is 2. The number of aryl methyl sites for hydroxylation is 1. The monoisotopic (exact) mass is 238 g/mol. The van der Waals surface area contributed by atoms with E-state index >= 15 is 0 Å². The summed E-state index contributed by atoms with van der Waals surface area (Å²) < 4.78 is 0.939. The van der Waals surface area contributed by atoms with Gasteiger partial charge in [-0.2, -0.15) is 0 Å². The quantitative estimate of drug-likeness (QED) is 0.688. The Morgan fingerprint density at radius 1 is 1.80 bits per heavy atom. The van der Waals surface area contributed by atoms with E-state index in [0.29, 0.717) is 5.56 Å². The van der Waals surface area contributed by atoms with Gasteiger partial charge in [0.25, 0.3) is 5.24 Å². The van der Waals surface area contributed by atoms with Crippen LogP contribution in [-0.2, 0) is 0 Å².